The van der Waals surface area contributed by atoms with Gasteiger partial charge in [0.25, 0.3) is 16.8 Å². The van der Waals surface area contributed by atoms with Crippen LogP contribution in [0.15, 0.2) is 89.1 Å². The summed E-state index contributed by atoms with van der Waals surface area (Å²) in [7, 11) is 0. The largest absolute Gasteiger partial charge is 0.490 e. The summed E-state index contributed by atoms with van der Waals surface area (Å²) in [5.41, 5.74) is 3.03. The van der Waals surface area contributed by atoms with E-state index in [2.05, 4.69) is 22.2 Å². The van der Waals surface area contributed by atoms with E-state index in [1.54, 1.807) is 29.3 Å². The molecule has 1 aliphatic heterocycles. The molecule has 2 heterocycles. The van der Waals surface area contributed by atoms with Crippen molar-refractivity contribution < 1.29 is 9.53 Å². The molecule has 0 radical (unpaired) electrons. The van der Waals surface area contributed by atoms with Crippen LogP contribution in [-0.2, 0) is 4.79 Å². The van der Waals surface area contributed by atoms with Crippen LogP contribution in [0.25, 0.3) is 11.3 Å². The predicted octanol–water partition coefficient (Wildman–Crippen LogP) is 4.17. The fourth-order valence-electron chi connectivity index (χ4n) is 4.22. The highest BCUT2D eigenvalue weighted by atomic mass is 16.5. The first-order chi connectivity index (χ1) is 17.5. The Morgan fingerprint density at radius 3 is 2.64 bits per heavy atom. The van der Waals surface area contributed by atoms with Gasteiger partial charge in [0, 0.05) is 23.5 Å². The van der Waals surface area contributed by atoms with E-state index >= 15 is 0 Å². The van der Waals surface area contributed by atoms with Gasteiger partial charge in [0.2, 0.25) is 0 Å². The molecule has 0 aliphatic carbocycles. The molecule has 0 saturated carbocycles. The maximum absolute atomic E-state index is 12.4. The Morgan fingerprint density at radius 2 is 1.86 bits per heavy atom. The van der Waals surface area contributed by atoms with Crippen LogP contribution >= 0.6 is 0 Å². The fourth-order valence-corrected chi connectivity index (χ4v) is 4.22. The summed E-state index contributed by atoms with van der Waals surface area (Å²) in [5.74, 6) is 0.409. The number of pyridine rings is 1. The van der Waals surface area contributed by atoms with E-state index in [1.807, 2.05) is 49.4 Å². The van der Waals surface area contributed by atoms with Gasteiger partial charge in [0.1, 0.15) is 23.7 Å². The molecular weight excluding hydrogens is 456 g/mol. The number of hydrogen-bond acceptors (Lipinski definition) is 7. The van der Waals surface area contributed by atoms with Gasteiger partial charge in [-0.25, -0.2) is 0 Å². The number of anilines is 4. The van der Waals surface area contributed by atoms with Crippen LogP contribution in [0.4, 0.5) is 22.7 Å². The summed E-state index contributed by atoms with van der Waals surface area (Å²) in [5, 5.41) is 6.23. The van der Waals surface area contributed by atoms with Crippen molar-refractivity contribution in [3.05, 3.63) is 106 Å². The Balaban J connectivity index is 1.40. The summed E-state index contributed by atoms with van der Waals surface area (Å²) in [6.45, 7) is 6.35. The number of benzene rings is 2. The van der Waals surface area contributed by atoms with E-state index < -0.39 is 10.9 Å². The molecule has 8 nitrogen and oxygen atoms in total. The Hall–Kier alpha value is -4.72. The SMILES string of the molecule is C=CC(=O)N1CCOc2ccc(-c3cc(Nc4c(NC(C)c5ccccc5)c(=O)c4=O)ccn3)cc21. The third-order valence-electron chi connectivity index (χ3n) is 6.16. The van der Waals surface area contributed by atoms with Crippen molar-refractivity contribution in [2.75, 3.05) is 28.7 Å². The van der Waals surface area contributed by atoms with Crippen molar-refractivity contribution in [2.24, 2.45) is 0 Å². The molecule has 4 aromatic rings. The van der Waals surface area contributed by atoms with Gasteiger partial charge < -0.3 is 20.3 Å². The molecule has 3 aromatic carbocycles. The maximum Gasteiger partial charge on any atom is 0.253 e. The van der Waals surface area contributed by atoms with E-state index in [0.29, 0.717) is 36.0 Å². The summed E-state index contributed by atoms with van der Waals surface area (Å²) in [6.07, 6.45) is 2.89. The summed E-state index contributed by atoms with van der Waals surface area (Å²) < 4.78 is 5.69. The lowest BCUT2D eigenvalue weighted by Gasteiger charge is -2.29. The monoisotopic (exact) mass is 480 g/mol. The molecule has 1 atom stereocenters. The third kappa shape index (κ3) is 4.24. The molecule has 36 heavy (non-hydrogen) atoms. The first-order valence-electron chi connectivity index (χ1n) is 11.6. The van der Waals surface area contributed by atoms with Crippen molar-refractivity contribution in [2.45, 2.75) is 13.0 Å². The maximum atomic E-state index is 12.4. The van der Waals surface area contributed by atoms with Gasteiger partial charge in [-0.05, 0) is 48.9 Å². The molecule has 2 N–H and O–H groups in total. The molecule has 1 amide bonds. The first kappa shape index (κ1) is 23.0. The average Bonchev–Trinajstić information content (AvgIpc) is 2.94. The molecule has 1 unspecified atom stereocenters. The van der Waals surface area contributed by atoms with Gasteiger partial charge >= 0.3 is 0 Å². The van der Waals surface area contributed by atoms with Crippen LogP contribution in [0, 0.1) is 0 Å². The molecule has 1 aliphatic rings. The Bertz CT molecular complexity index is 1520. The second-order valence-electron chi connectivity index (χ2n) is 8.46. The normalized spacial score (nSPS) is 13.4. The zero-order valence-electron chi connectivity index (χ0n) is 19.7. The number of amides is 1. The van der Waals surface area contributed by atoms with Gasteiger partial charge in [-0.1, -0.05) is 36.9 Å². The highest BCUT2D eigenvalue weighted by molar-refractivity contribution is 6.02. The minimum Gasteiger partial charge on any atom is -0.490 e. The standard InChI is InChI=1S/C28H24N4O4/c1-3-24(33)32-13-14-36-23-10-9-19(15-22(23)32)21-16-20(11-12-29-21)31-26-25(27(34)28(26)35)30-17(2)18-7-5-4-6-8-18/h3-12,15-17,30H,1,13-14H2,2H3,(H,29,31). The van der Waals surface area contributed by atoms with Crippen molar-refractivity contribution in [1.29, 1.82) is 0 Å². The number of ether oxygens (including phenoxy) is 1. The molecule has 1 aromatic heterocycles. The second-order valence-corrected chi connectivity index (χ2v) is 8.46. The second kappa shape index (κ2) is 9.50. The van der Waals surface area contributed by atoms with Crippen LogP contribution in [-0.4, -0.2) is 24.0 Å². The first-order valence-corrected chi connectivity index (χ1v) is 11.6. The molecule has 5 rings (SSSR count). The minimum absolute atomic E-state index is 0.151. The van der Waals surface area contributed by atoms with Gasteiger partial charge in [0.15, 0.2) is 0 Å². The predicted molar refractivity (Wildman–Crippen MR) is 141 cm³/mol. The number of carbonyl (C=O) groups excluding carboxylic acids is 1. The van der Waals surface area contributed by atoms with Crippen molar-refractivity contribution in [3.63, 3.8) is 0 Å². The lowest BCUT2D eigenvalue weighted by molar-refractivity contribution is -0.114. The summed E-state index contributed by atoms with van der Waals surface area (Å²) >= 11 is 0. The van der Waals surface area contributed by atoms with Gasteiger partial charge in [0.05, 0.1) is 17.9 Å². The highest BCUT2D eigenvalue weighted by Gasteiger charge is 2.24. The van der Waals surface area contributed by atoms with Crippen LogP contribution in [0.2, 0.25) is 0 Å². The Labute approximate surface area is 207 Å². The molecule has 0 fully saturated rings. The van der Waals surface area contributed by atoms with Crippen LogP contribution in [0.5, 0.6) is 5.75 Å². The molecule has 0 saturated heterocycles. The molecule has 0 spiro atoms. The summed E-state index contributed by atoms with van der Waals surface area (Å²) in [6, 6.07) is 18.5. The Morgan fingerprint density at radius 1 is 1.08 bits per heavy atom. The van der Waals surface area contributed by atoms with E-state index in [-0.39, 0.29) is 23.3 Å². The lowest BCUT2D eigenvalue weighted by atomic mass is 10.1. The topological polar surface area (TPSA) is 101 Å². The van der Waals surface area contributed by atoms with Gasteiger partial charge in [-0.2, -0.15) is 0 Å². The number of nitrogens with zero attached hydrogens (tertiary/aromatic N) is 2. The lowest BCUT2D eigenvalue weighted by Crippen LogP contribution is -2.37. The average molecular weight is 481 g/mol. The van der Waals surface area contributed by atoms with Crippen LogP contribution < -0.4 is 31.1 Å². The number of carbonyl (C=O) groups is 1. The van der Waals surface area contributed by atoms with Gasteiger partial charge in [-0.3, -0.25) is 19.4 Å². The van der Waals surface area contributed by atoms with Crippen LogP contribution in [0.1, 0.15) is 18.5 Å². The molecule has 8 heteroatoms. The van der Waals surface area contributed by atoms with E-state index in [4.69, 9.17) is 4.74 Å². The number of hydrogen-bond donors (Lipinski definition) is 2. The third-order valence-corrected chi connectivity index (χ3v) is 6.16. The quantitative estimate of drug-likeness (QED) is 0.302. The van der Waals surface area contributed by atoms with Crippen molar-refractivity contribution in [3.8, 4) is 17.0 Å². The van der Waals surface area contributed by atoms with E-state index in [9.17, 15) is 14.4 Å². The van der Waals surface area contributed by atoms with E-state index in [1.165, 1.54) is 6.08 Å². The number of rotatable bonds is 7. The van der Waals surface area contributed by atoms with Crippen LogP contribution in [0.3, 0.4) is 0 Å². The number of fused-ring (bicyclic) bond motifs is 1. The van der Waals surface area contributed by atoms with Gasteiger partial charge in [-0.15, -0.1) is 0 Å². The highest BCUT2D eigenvalue weighted by Crippen LogP contribution is 2.36. The summed E-state index contributed by atoms with van der Waals surface area (Å²) in [4.78, 5) is 43.0. The fraction of sp³-hybridized carbons (Fsp3) is 0.143. The zero-order chi connectivity index (χ0) is 25.2. The number of aromatic nitrogens is 1. The molecular formula is C28H24N4O4. The molecule has 0 bridgehead atoms. The molecule has 180 valence electrons. The minimum atomic E-state index is -0.569. The smallest absolute Gasteiger partial charge is 0.253 e. The van der Waals surface area contributed by atoms with E-state index in [0.717, 1.165) is 11.1 Å². The zero-order valence-corrected chi connectivity index (χ0v) is 19.7. The number of nitrogens with one attached hydrogen (secondary N) is 2. The van der Waals surface area contributed by atoms with Crippen molar-refractivity contribution in [1.82, 2.24) is 4.98 Å². The van der Waals surface area contributed by atoms with Crippen molar-refractivity contribution >= 4 is 28.7 Å². The Kier molecular flexibility index (Phi) is 6.08.